The summed E-state index contributed by atoms with van der Waals surface area (Å²) >= 11 is 4.07. The average Bonchev–Trinajstić information content (AvgIpc) is 2.77. The second-order valence-corrected chi connectivity index (χ2v) is 7.76. The number of nitrogens with one attached hydrogen (secondary N) is 1. The van der Waals surface area contributed by atoms with Crippen LogP contribution in [0.2, 0.25) is 0 Å². The van der Waals surface area contributed by atoms with Crippen LogP contribution in [0.15, 0.2) is 12.1 Å². The molecule has 1 atom stereocenters. The molecule has 0 aromatic carbocycles. The lowest BCUT2D eigenvalue weighted by molar-refractivity contribution is 0.281. The van der Waals surface area contributed by atoms with E-state index in [0.717, 1.165) is 24.9 Å². The molecule has 2 nitrogen and oxygen atoms in total. The smallest absolute Gasteiger partial charge is 0.0328 e. The van der Waals surface area contributed by atoms with E-state index in [-0.39, 0.29) is 0 Å². The SMILES string of the molecule is CCCNCc1ccc(CN2CCSC(C)C2)s1. The van der Waals surface area contributed by atoms with Crippen LogP contribution in [0.4, 0.5) is 0 Å². The summed E-state index contributed by atoms with van der Waals surface area (Å²) in [6.45, 7) is 10.3. The summed E-state index contributed by atoms with van der Waals surface area (Å²) in [4.78, 5) is 5.58. The first kappa shape index (κ1) is 14.4. The summed E-state index contributed by atoms with van der Waals surface area (Å²) in [5.74, 6) is 1.29. The van der Waals surface area contributed by atoms with Crippen LogP contribution < -0.4 is 5.32 Å². The molecule has 0 radical (unpaired) electrons. The Morgan fingerprint density at radius 3 is 3.00 bits per heavy atom. The predicted molar refractivity (Wildman–Crippen MR) is 83.5 cm³/mol. The molecule has 0 saturated carbocycles. The van der Waals surface area contributed by atoms with Crippen molar-refractivity contribution in [2.45, 2.75) is 38.6 Å². The average molecular weight is 284 g/mol. The zero-order chi connectivity index (χ0) is 12.8. The highest BCUT2D eigenvalue weighted by Crippen LogP contribution is 2.22. The van der Waals surface area contributed by atoms with Crippen LogP contribution in [0.25, 0.3) is 0 Å². The fraction of sp³-hybridized carbons (Fsp3) is 0.714. The number of hydrogen-bond donors (Lipinski definition) is 1. The van der Waals surface area contributed by atoms with Gasteiger partial charge in [0.15, 0.2) is 0 Å². The Labute approximate surface area is 119 Å². The van der Waals surface area contributed by atoms with Gasteiger partial charge in [-0.15, -0.1) is 11.3 Å². The van der Waals surface area contributed by atoms with Crippen molar-refractivity contribution in [3.63, 3.8) is 0 Å². The van der Waals surface area contributed by atoms with Gasteiger partial charge >= 0.3 is 0 Å². The van der Waals surface area contributed by atoms with E-state index in [1.54, 1.807) is 0 Å². The molecule has 1 aliphatic rings. The number of rotatable bonds is 6. The molecular formula is C14H24N2S2. The molecule has 1 unspecified atom stereocenters. The Balaban J connectivity index is 1.78. The molecule has 2 heterocycles. The monoisotopic (exact) mass is 284 g/mol. The third-order valence-corrected chi connectivity index (χ3v) is 5.35. The molecule has 1 aromatic rings. The molecule has 0 amide bonds. The molecule has 18 heavy (non-hydrogen) atoms. The Morgan fingerprint density at radius 1 is 1.39 bits per heavy atom. The quantitative estimate of drug-likeness (QED) is 0.808. The maximum Gasteiger partial charge on any atom is 0.0328 e. The maximum absolute atomic E-state index is 3.47. The molecule has 1 N–H and O–H groups in total. The topological polar surface area (TPSA) is 15.3 Å². The maximum atomic E-state index is 3.47. The molecule has 1 saturated heterocycles. The zero-order valence-electron chi connectivity index (χ0n) is 11.4. The number of thioether (sulfide) groups is 1. The van der Waals surface area contributed by atoms with Gasteiger partial charge in [0.25, 0.3) is 0 Å². The summed E-state index contributed by atoms with van der Waals surface area (Å²) in [6, 6.07) is 4.59. The normalized spacial score (nSPS) is 21.3. The molecule has 2 rings (SSSR count). The predicted octanol–water partition coefficient (Wildman–Crippen LogP) is 3.19. The van der Waals surface area contributed by atoms with Crippen LogP contribution in [0.5, 0.6) is 0 Å². The van der Waals surface area contributed by atoms with Crippen molar-refractivity contribution < 1.29 is 0 Å². The van der Waals surface area contributed by atoms with Crippen molar-refractivity contribution in [1.82, 2.24) is 10.2 Å². The molecule has 1 fully saturated rings. The van der Waals surface area contributed by atoms with E-state index >= 15 is 0 Å². The van der Waals surface area contributed by atoms with Crippen LogP contribution in [0, 0.1) is 0 Å². The van der Waals surface area contributed by atoms with E-state index in [9.17, 15) is 0 Å². The summed E-state index contributed by atoms with van der Waals surface area (Å²) in [7, 11) is 0. The highest BCUT2D eigenvalue weighted by atomic mass is 32.2. The molecule has 1 aliphatic heterocycles. The lowest BCUT2D eigenvalue weighted by Gasteiger charge is -2.29. The van der Waals surface area contributed by atoms with Gasteiger partial charge in [-0.05, 0) is 25.1 Å². The molecule has 102 valence electrons. The highest BCUT2D eigenvalue weighted by Gasteiger charge is 2.17. The van der Waals surface area contributed by atoms with Crippen molar-refractivity contribution in [1.29, 1.82) is 0 Å². The Kier molecular flexibility index (Phi) is 6.02. The molecule has 0 aliphatic carbocycles. The second kappa shape index (κ2) is 7.53. The summed E-state index contributed by atoms with van der Waals surface area (Å²) in [5.41, 5.74) is 0. The summed E-state index contributed by atoms with van der Waals surface area (Å²) in [6.07, 6.45) is 1.21. The van der Waals surface area contributed by atoms with Crippen LogP contribution in [0.1, 0.15) is 30.0 Å². The minimum Gasteiger partial charge on any atom is -0.312 e. The lowest BCUT2D eigenvalue weighted by atomic mass is 10.3. The van der Waals surface area contributed by atoms with Crippen LogP contribution in [0.3, 0.4) is 0 Å². The Hall–Kier alpha value is -0.0300. The van der Waals surface area contributed by atoms with Gasteiger partial charge in [-0.3, -0.25) is 4.90 Å². The van der Waals surface area contributed by atoms with Crippen molar-refractivity contribution in [2.75, 3.05) is 25.4 Å². The van der Waals surface area contributed by atoms with E-state index in [1.807, 2.05) is 11.3 Å². The largest absolute Gasteiger partial charge is 0.312 e. The molecule has 0 bridgehead atoms. The van der Waals surface area contributed by atoms with Gasteiger partial charge in [0.1, 0.15) is 0 Å². The first-order chi connectivity index (χ1) is 8.78. The fourth-order valence-corrected chi connectivity index (χ4v) is 4.36. The van der Waals surface area contributed by atoms with Gasteiger partial charge in [-0.1, -0.05) is 13.8 Å². The molecule has 4 heteroatoms. The molecule has 1 aromatic heterocycles. The van der Waals surface area contributed by atoms with E-state index in [2.05, 4.69) is 48.0 Å². The fourth-order valence-electron chi connectivity index (χ4n) is 2.25. The first-order valence-corrected chi connectivity index (χ1v) is 8.76. The van der Waals surface area contributed by atoms with E-state index in [1.165, 1.54) is 35.0 Å². The lowest BCUT2D eigenvalue weighted by Crippen LogP contribution is -2.35. The van der Waals surface area contributed by atoms with Crippen LogP contribution in [-0.4, -0.2) is 35.5 Å². The minimum atomic E-state index is 0.796. The Bertz CT molecular complexity index is 351. The third kappa shape index (κ3) is 4.57. The first-order valence-electron chi connectivity index (χ1n) is 6.90. The number of hydrogen-bond acceptors (Lipinski definition) is 4. The molecular weight excluding hydrogens is 260 g/mol. The van der Waals surface area contributed by atoms with Crippen LogP contribution in [-0.2, 0) is 13.1 Å². The standard InChI is InChI=1S/C14H24N2S2/c1-3-6-15-9-13-4-5-14(18-13)11-16-7-8-17-12(2)10-16/h4-5,12,15H,3,6-11H2,1-2H3. The minimum absolute atomic E-state index is 0.796. The second-order valence-electron chi connectivity index (χ2n) is 4.96. The van der Waals surface area contributed by atoms with E-state index in [4.69, 9.17) is 0 Å². The van der Waals surface area contributed by atoms with Gasteiger partial charge in [-0.25, -0.2) is 0 Å². The van der Waals surface area contributed by atoms with Gasteiger partial charge in [0, 0.05) is 46.9 Å². The van der Waals surface area contributed by atoms with E-state index in [0.29, 0.717) is 0 Å². The van der Waals surface area contributed by atoms with Crippen molar-refractivity contribution in [3.8, 4) is 0 Å². The van der Waals surface area contributed by atoms with Crippen molar-refractivity contribution in [2.24, 2.45) is 0 Å². The summed E-state index contributed by atoms with van der Waals surface area (Å²) in [5, 5.41) is 4.26. The van der Waals surface area contributed by atoms with E-state index < -0.39 is 0 Å². The number of nitrogens with zero attached hydrogens (tertiary/aromatic N) is 1. The molecule has 0 spiro atoms. The zero-order valence-corrected chi connectivity index (χ0v) is 13.1. The van der Waals surface area contributed by atoms with Gasteiger partial charge < -0.3 is 5.32 Å². The van der Waals surface area contributed by atoms with Gasteiger partial charge in [-0.2, -0.15) is 11.8 Å². The van der Waals surface area contributed by atoms with Gasteiger partial charge in [0.2, 0.25) is 0 Å². The van der Waals surface area contributed by atoms with Crippen LogP contribution >= 0.6 is 23.1 Å². The summed E-state index contributed by atoms with van der Waals surface area (Å²) < 4.78 is 0. The van der Waals surface area contributed by atoms with Crippen molar-refractivity contribution >= 4 is 23.1 Å². The van der Waals surface area contributed by atoms with Gasteiger partial charge in [0.05, 0.1) is 0 Å². The van der Waals surface area contributed by atoms with Crippen molar-refractivity contribution in [3.05, 3.63) is 21.9 Å². The number of thiophene rings is 1. The Morgan fingerprint density at radius 2 is 2.22 bits per heavy atom. The highest BCUT2D eigenvalue weighted by molar-refractivity contribution is 7.99. The third-order valence-electron chi connectivity index (χ3n) is 3.15.